The molecule has 0 N–H and O–H groups in total. The Kier molecular flexibility index (Phi) is 7990. The van der Waals surface area contributed by atoms with Gasteiger partial charge in [0.25, 0.3) is 0 Å². The van der Waals surface area contributed by atoms with Crippen LogP contribution in [0.2, 0.25) is 0 Å². The maximum atomic E-state index is 0. The fraction of sp³-hybridized carbons (Fsp3) is 0. The molecular weight excluding hydrogens is 754 g/mol. The quantitative estimate of drug-likeness (QED) is 0.274. The van der Waals surface area contributed by atoms with E-state index in [0.717, 1.165) is 0 Å². The summed E-state index contributed by atoms with van der Waals surface area (Å²) in [6.45, 7) is 0. The number of hydrogen-bond donors (Lipinski definition) is 0. The molecule has 0 aliphatic rings. The van der Waals surface area contributed by atoms with Gasteiger partial charge in [0.15, 0.2) is 0 Å². The van der Waals surface area contributed by atoms with Crippen LogP contribution in [0.5, 0.6) is 0 Å². The summed E-state index contributed by atoms with van der Waals surface area (Å²) >= 11 is 0. The van der Waals surface area contributed by atoms with Crippen molar-refractivity contribution < 1.29 is 0 Å². The molecule has 0 aliphatic heterocycles. The van der Waals surface area contributed by atoms with E-state index in [-0.39, 0.29) is 233 Å². The van der Waals surface area contributed by atoms with Gasteiger partial charge in [0, 0.05) is 0 Å². The van der Waals surface area contributed by atoms with Crippen molar-refractivity contribution in [3.8, 4) is 0 Å². The van der Waals surface area contributed by atoms with E-state index in [4.69, 9.17) is 0 Å². The molecule has 0 atom stereocenters. The first kappa shape index (κ1) is 406. The van der Waals surface area contributed by atoms with Gasteiger partial charge >= 0.3 is 178 Å². The van der Waals surface area contributed by atoms with Gasteiger partial charge in [0.05, 0.1) is 0 Å². The first-order valence-electron chi connectivity index (χ1n) is 0. The fourth-order valence-corrected chi connectivity index (χ4v) is 0. The second kappa shape index (κ2) is 354. The summed E-state index contributed by atoms with van der Waals surface area (Å²) in [5.41, 5.74) is 0. The molecule has 0 radical (unpaired) electrons. The second-order valence-electron chi connectivity index (χ2n) is 0. The van der Waals surface area contributed by atoms with E-state index in [2.05, 4.69) is 0 Å². The molecule has 0 amide bonds. The Labute approximate surface area is 229 Å². The number of nitrogens with zero attached hydrogens (tertiary/aromatic N) is 9. The van der Waals surface area contributed by atoms with Gasteiger partial charge in [-0.05, 0) is 0 Å². The van der Waals surface area contributed by atoms with Crippen molar-refractivity contribution in [3.05, 3.63) is 55.4 Å². The van der Waals surface area contributed by atoms with Crippen LogP contribution in [0.3, 0.4) is 0 Å². The molecule has 0 heterocycles. The smallest absolute Gasteiger partial charge is 3.00 e. The molecule has 0 aromatic heterocycles. The minimum Gasteiger partial charge on any atom is -3.00 e. The van der Waals surface area contributed by atoms with Crippen LogP contribution in [-0.4, -0.2) is 178 Å². The van der Waals surface area contributed by atoms with Gasteiger partial charge < -0.3 is 55.4 Å². The van der Waals surface area contributed by atoms with Gasteiger partial charge in [-0.3, -0.25) is 0 Å². The van der Waals surface area contributed by atoms with Gasteiger partial charge in [0.1, 0.15) is 0 Å². The molecule has 18 heteroatoms. The topological polar surface area (TPSA) is 274 Å². The molecule has 0 aliphatic carbocycles. The Hall–Kier alpha value is 5.37. The van der Waals surface area contributed by atoms with E-state index in [1.54, 1.807) is 0 Å². The van der Waals surface area contributed by atoms with E-state index >= 15 is 0 Å². The molecule has 0 aromatic carbocycles. The van der Waals surface area contributed by atoms with Crippen molar-refractivity contribution in [3.63, 3.8) is 0 Å². The zero-order chi connectivity index (χ0) is 0. The molecule has 0 saturated heterocycles. The van der Waals surface area contributed by atoms with Crippen LogP contribution >= 0.6 is 0 Å². The van der Waals surface area contributed by atoms with E-state index in [9.17, 15) is 0 Å². The first-order valence-corrected chi connectivity index (χ1v) is 0. The normalized spacial score (nSPS) is 0. The predicted molar refractivity (Wildman–Crippen MR) is 82.0 cm³/mol. The average Bonchev–Trinajstić information content (AvgIpc) is 0. The van der Waals surface area contributed by atoms with Crippen LogP contribution < -0.4 is 0 Å². The van der Waals surface area contributed by atoms with Gasteiger partial charge in [-0.2, -0.15) is 0 Å². The van der Waals surface area contributed by atoms with Crippen molar-refractivity contribution in [2.24, 2.45) is 0 Å². The molecule has 0 fully saturated rings. The summed E-state index contributed by atoms with van der Waals surface area (Å²) < 4.78 is 0. The third kappa shape index (κ3) is 308. The van der Waals surface area contributed by atoms with Crippen LogP contribution in [0.1, 0.15) is 0 Å². The van der Waals surface area contributed by atoms with Crippen LogP contribution in [0.25, 0.3) is 55.4 Å². The van der Waals surface area contributed by atoms with Gasteiger partial charge in [-0.25, -0.2) is 0 Å². The van der Waals surface area contributed by atoms with E-state index < -0.39 is 0 Å². The summed E-state index contributed by atoms with van der Waals surface area (Å²) in [5.74, 6) is 0. The molecular formula is Ga9N9. The molecule has 72 valence electrons. The molecule has 0 aromatic rings. The third-order valence-electron chi connectivity index (χ3n) is 0. The monoisotopic (exact) mass is 746 g/mol. The Balaban J connectivity index is 0. The maximum absolute atomic E-state index is 0. The Morgan fingerprint density at radius 2 is 0.111 bits per heavy atom. The molecule has 0 saturated carbocycles. The number of hydrogen-bond acceptors (Lipinski definition) is 0. The van der Waals surface area contributed by atoms with Crippen molar-refractivity contribution >= 4 is 178 Å². The Morgan fingerprint density at radius 3 is 0.111 bits per heavy atom. The van der Waals surface area contributed by atoms with Crippen molar-refractivity contribution in [2.45, 2.75) is 0 Å². The van der Waals surface area contributed by atoms with Crippen molar-refractivity contribution in [2.75, 3.05) is 0 Å². The Morgan fingerprint density at radius 1 is 0.111 bits per heavy atom. The Bertz CT molecular complexity index is 18.0. The SMILES string of the molecule is [Ga+3].[Ga+3].[Ga+3].[Ga+3].[Ga+3].[Ga+3].[Ga+3].[Ga+3].[Ga+3].[N-3].[N-3].[N-3].[N-3].[N-3].[N-3].[N-3].[N-3].[N-3]. The molecule has 0 rings (SSSR count). The largest absolute Gasteiger partial charge is 3.00 e. The minimum atomic E-state index is 0. The fourth-order valence-electron chi connectivity index (χ4n) is 0. The van der Waals surface area contributed by atoms with Gasteiger partial charge in [0.2, 0.25) is 0 Å². The zero-order valence-electron chi connectivity index (χ0n) is 9.22. The molecule has 0 spiro atoms. The van der Waals surface area contributed by atoms with E-state index in [1.807, 2.05) is 0 Å². The van der Waals surface area contributed by atoms with Gasteiger partial charge in [-0.1, -0.05) is 0 Å². The van der Waals surface area contributed by atoms with Crippen LogP contribution in [0.15, 0.2) is 0 Å². The average molecular weight is 754 g/mol. The van der Waals surface area contributed by atoms with E-state index in [0.29, 0.717) is 0 Å². The minimum absolute atomic E-state index is 0. The summed E-state index contributed by atoms with van der Waals surface area (Å²) in [4.78, 5) is 0. The van der Waals surface area contributed by atoms with Crippen LogP contribution in [0.4, 0.5) is 0 Å². The summed E-state index contributed by atoms with van der Waals surface area (Å²) in [6, 6.07) is 0. The van der Waals surface area contributed by atoms with Crippen molar-refractivity contribution in [1.29, 1.82) is 0 Å². The maximum Gasteiger partial charge on any atom is 3.00 e. The van der Waals surface area contributed by atoms with E-state index in [1.165, 1.54) is 0 Å². The molecule has 0 unspecified atom stereocenters. The van der Waals surface area contributed by atoms with Crippen LogP contribution in [0, 0.1) is 0 Å². The van der Waals surface area contributed by atoms with Crippen molar-refractivity contribution in [1.82, 2.24) is 0 Å². The summed E-state index contributed by atoms with van der Waals surface area (Å²) in [6.07, 6.45) is 0. The standard InChI is InChI=1S/9Ga.9N/q9*+3;9*-3. The second-order valence-corrected chi connectivity index (χ2v) is 0. The predicted octanol–water partition coefficient (Wildman–Crippen LogP) is -0.829. The zero-order valence-corrected chi connectivity index (χ0v) is 31.0. The number of rotatable bonds is 0. The molecule has 9 nitrogen and oxygen atoms in total. The summed E-state index contributed by atoms with van der Waals surface area (Å²) in [5, 5.41) is 0. The first-order chi connectivity index (χ1) is 0. The molecule has 0 bridgehead atoms. The third-order valence-corrected chi connectivity index (χ3v) is 0. The van der Waals surface area contributed by atoms with Crippen LogP contribution in [-0.2, 0) is 0 Å². The van der Waals surface area contributed by atoms with Gasteiger partial charge in [-0.15, -0.1) is 0 Å². The molecule has 18 heavy (non-hydrogen) atoms. The summed E-state index contributed by atoms with van der Waals surface area (Å²) in [7, 11) is 0.